The van der Waals surface area contributed by atoms with E-state index in [1.807, 2.05) is 0 Å². The van der Waals surface area contributed by atoms with Crippen molar-refractivity contribution in [1.82, 2.24) is 0 Å². The van der Waals surface area contributed by atoms with Gasteiger partial charge in [0.25, 0.3) is 5.91 Å². The molecule has 0 saturated carbocycles. The lowest BCUT2D eigenvalue weighted by Gasteiger charge is -2.25. The normalized spacial score (nSPS) is 10.4. The van der Waals surface area contributed by atoms with Crippen LogP contribution < -0.4 is 16.4 Å². The first-order valence-electron chi connectivity index (χ1n) is 5.78. The van der Waals surface area contributed by atoms with Gasteiger partial charge in [0.15, 0.2) is 0 Å². The summed E-state index contributed by atoms with van der Waals surface area (Å²) in [6.07, 6.45) is 0. The van der Waals surface area contributed by atoms with Crippen molar-refractivity contribution < 1.29 is 9.72 Å². The lowest BCUT2D eigenvalue weighted by molar-refractivity contribution is -0.384. The van der Waals surface area contributed by atoms with Crippen LogP contribution in [0.15, 0.2) is 6.07 Å². The Balaban J connectivity index is 3.54. The molecule has 1 rings (SSSR count). The van der Waals surface area contributed by atoms with Crippen molar-refractivity contribution in [2.45, 2.75) is 0 Å². The average Bonchev–Trinajstić information content (AvgIpc) is 2.40. The molecule has 1 aromatic rings. The zero-order valence-electron chi connectivity index (χ0n) is 10.8. The molecule has 1 aromatic carbocycles. The van der Waals surface area contributed by atoms with Crippen LogP contribution in [0.1, 0.15) is 10.4 Å². The predicted octanol–water partition coefficient (Wildman–Crippen LogP) is 2.21. The third-order valence-electron chi connectivity index (χ3n) is 2.75. The highest BCUT2D eigenvalue weighted by Gasteiger charge is 2.28. The summed E-state index contributed by atoms with van der Waals surface area (Å²) in [5.41, 5.74) is 10.4. The lowest BCUT2D eigenvalue weighted by atomic mass is 10.1. The minimum atomic E-state index is -0.971. The molecule has 21 heavy (non-hydrogen) atoms. The molecule has 0 spiro atoms. The van der Waals surface area contributed by atoms with Gasteiger partial charge in [-0.2, -0.15) is 0 Å². The topological polar surface area (TPSA) is 115 Å². The fourth-order valence-corrected chi connectivity index (χ4v) is 2.50. The van der Waals surface area contributed by atoms with Crippen molar-refractivity contribution in [3.05, 3.63) is 26.8 Å². The second kappa shape index (κ2) is 7.53. The van der Waals surface area contributed by atoms with Crippen LogP contribution in [-0.2, 0) is 0 Å². The summed E-state index contributed by atoms with van der Waals surface area (Å²) in [5.74, 6) is -0.422. The van der Waals surface area contributed by atoms with Crippen LogP contribution in [0.25, 0.3) is 0 Å². The summed E-state index contributed by atoms with van der Waals surface area (Å²) >= 11 is 17.3. The van der Waals surface area contributed by atoms with E-state index in [2.05, 4.69) is 0 Å². The van der Waals surface area contributed by atoms with E-state index in [0.717, 1.165) is 0 Å². The Morgan fingerprint density at radius 3 is 2.24 bits per heavy atom. The zero-order valence-corrected chi connectivity index (χ0v) is 13.1. The highest BCUT2D eigenvalue weighted by molar-refractivity contribution is 6.36. The Bertz CT molecular complexity index is 562. The molecule has 0 saturated heterocycles. The number of alkyl halides is 2. The standard InChI is InChI=1S/C11H13Cl3N4O3/c12-1-3-17(4-2-13)7-5-6(11(16)19)10(18(20)21)8(14)9(7)15/h5H,1-4,15H2,(H2,16,19). The summed E-state index contributed by atoms with van der Waals surface area (Å²) in [5, 5.41) is 10.7. The molecule has 0 atom stereocenters. The average molecular weight is 356 g/mol. The summed E-state index contributed by atoms with van der Waals surface area (Å²) in [4.78, 5) is 23.3. The smallest absolute Gasteiger partial charge is 0.302 e. The van der Waals surface area contributed by atoms with Crippen LogP contribution in [0.4, 0.5) is 17.1 Å². The number of rotatable bonds is 7. The zero-order chi connectivity index (χ0) is 16.2. The molecular weight excluding hydrogens is 343 g/mol. The first-order chi connectivity index (χ1) is 9.84. The molecule has 0 unspecified atom stereocenters. The number of anilines is 2. The van der Waals surface area contributed by atoms with Gasteiger partial charge in [-0.15, -0.1) is 23.2 Å². The number of benzene rings is 1. The number of halogens is 3. The van der Waals surface area contributed by atoms with Crippen LogP contribution in [0.5, 0.6) is 0 Å². The van der Waals surface area contributed by atoms with Crippen LogP contribution >= 0.6 is 34.8 Å². The molecule has 0 heterocycles. The van der Waals surface area contributed by atoms with Gasteiger partial charge in [0.1, 0.15) is 10.6 Å². The molecule has 0 radical (unpaired) electrons. The van der Waals surface area contributed by atoms with Crippen molar-refractivity contribution in [3.63, 3.8) is 0 Å². The van der Waals surface area contributed by atoms with Gasteiger partial charge in [-0.3, -0.25) is 14.9 Å². The van der Waals surface area contributed by atoms with Gasteiger partial charge >= 0.3 is 5.69 Å². The van der Waals surface area contributed by atoms with E-state index in [9.17, 15) is 14.9 Å². The number of nitrogens with zero attached hydrogens (tertiary/aromatic N) is 2. The fourth-order valence-electron chi connectivity index (χ4n) is 1.83. The number of nitro benzene ring substituents is 1. The molecule has 0 aliphatic heterocycles. The number of hydrogen-bond donors (Lipinski definition) is 2. The molecule has 1 amide bonds. The molecule has 0 fully saturated rings. The monoisotopic (exact) mass is 354 g/mol. The molecule has 4 N–H and O–H groups in total. The van der Waals surface area contributed by atoms with Crippen molar-refractivity contribution in [2.75, 3.05) is 35.5 Å². The molecular formula is C11H13Cl3N4O3. The number of primary amides is 1. The molecule has 116 valence electrons. The van der Waals surface area contributed by atoms with Gasteiger partial charge in [-0.05, 0) is 6.07 Å². The third-order valence-corrected chi connectivity index (χ3v) is 3.47. The largest absolute Gasteiger partial charge is 0.396 e. The highest BCUT2D eigenvalue weighted by Crippen LogP contribution is 2.40. The Kier molecular flexibility index (Phi) is 6.32. The predicted molar refractivity (Wildman–Crippen MR) is 84.7 cm³/mol. The minimum Gasteiger partial charge on any atom is -0.396 e. The number of nitro groups is 1. The van der Waals surface area contributed by atoms with Crippen molar-refractivity contribution in [1.29, 1.82) is 0 Å². The molecule has 0 aliphatic rings. The molecule has 0 aliphatic carbocycles. The van der Waals surface area contributed by atoms with Crippen LogP contribution in [0, 0.1) is 10.1 Å². The lowest BCUT2D eigenvalue weighted by Crippen LogP contribution is -2.29. The quantitative estimate of drug-likeness (QED) is 0.337. The fraction of sp³-hybridized carbons (Fsp3) is 0.364. The van der Waals surface area contributed by atoms with Crippen molar-refractivity contribution in [2.24, 2.45) is 5.73 Å². The van der Waals surface area contributed by atoms with Crippen molar-refractivity contribution in [3.8, 4) is 0 Å². The Morgan fingerprint density at radius 2 is 1.86 bits per heavy atom. The van der Waals surface area contributed by atoms with E-state index in [-0.39, 0.29) is 28.0 Å². The van der Waals surface area contributed by atoms with Gasteiger partial charge in [0.2, 0.25) is 0 Å². The third kappa shape index (κ3) is 3.81. The van der Waals surface area contributed by atoms with E-state index in [1.165, 1.54) is 6.07 Å². The maximum atomic E-state index is 11.4. The molecule has 0 aromatic heterocycles. The van der Waals surface area contributed by atoms with Crippen molar-refractivity contribution >= 4 is 57.8 Å². The van der Waals surface area contributed by atoms with E-state index < -0.39 is 16.5 Å². The van der Waals surface area contributed by atoms with Gasteiger partial charge in [0, 0.05) is 24.8 Å². The molecule has 0 bridgehead atoms. The second-order valence-electron chi connectivity index (χ2n) is 4.01. The van der Waals surface area contributed by atoms with Gasteiger partial charge in [-0.1, -0.05) is 11.6 Å². The van der Waals surface area contributed by atoms with E-state index in [0.29, 0.717) is 18.8 Å². The first-order valence-corrected chi connectivity index (χ1v) is 7.22. The van der Waals surface area contributed by atoms with E-state index in [4.69, 9.17) is 46.3 Å². The number of carbonyl (C=O) groups excluding carboxylic acids is 1. The Morgan fingerprint density at radius 1 is 1.33 bits per heavy atom. The van der Waals surface area contributed by atoms with Gasteiger partial charge in [0.05, 0.1) is 16.3 Å². The summed E-state index contributed by atoms with van der Waals surface area (Å²) in [7, 11) is 0. The van der Waals surface area contributed by atoms with Crippen LogP contribution in [0.2, 0.25) is 5.02 Å². The number of carbonyl (C=O) groups is 1. The minimum absolute atomic E-state index is 0.0244. The highest BCUT2D eigenvalue weighted by atomic mass is 35.5. The second-order valence-corrected chi connectivity index (χ2v) is 5.14. The van der Waals surface area contributed by atoms with E-state index in [1.54, 1.807) is 4.90 Å². The number of nitrogen functional groups attached to an aromatic ring is 1. The SMILES string of the molecule is NC(=O)c1cc(N(CCCl)CCCl)c(N)c(Cl)c1[N+](=O)[O-]. The molecule has 10 heteroatoms. The molecule has 7 nitrogen and oxygen atoms in total. The first kappa shape index (κ1) is 17.6. The summed E-state index contributed by atoms with van der Waals surface area (Å²) < 4.78 is 0. The number of nitrogens with two attached hydrogens (primary N) is 2. The maximum Gasteiger partial charge on any atom is 0.302 e. The Hall–Kier alpha value is -1.44. The van der Waals surface area contributed by atoms with Gasteiger partial charge < -0.3 is 16.4 Å². The van der Waals surface area contributed by atoms with Gasteiger partial charge in [-0.25, -0.2) is 0 Å². The van der Waals surface area contributed by atoms with Crippen LogP contribution in [0.3, 0.4) is 0 Å². The number of hydrogen-bond acceptors (Lipinski definition) is 5. The number of amides is 1. The maximum absolute atomic E-state index is 11.4. The summed E-state index contributed by atoms with van der Waals surface area (Å²) in [6.45, 7) is 0.760. The van der Waals surface area contributed by atoms with E-state index >= 15 is 0 Å². The summed E-state index contributed by atoms with van der Waals surface area (Å²) in [6, 6.07) is 1.24. The van der Waals surface area contributed by atoms with Crippen LogP contribution in [-0.4, -0.2) is 35.7 Å². The Labute approximate surface area is 135 Å².